The van der Waals surface area contributed by atoms with Crippen molar-refractivity contribution in [1.82, 2.24) is 9.80 Å². The minimum absolute atomic E-state index is 0.327. The molecule has 2 bridgehead atoms. The summed E-state index contributed by atoms with van der Waals surface area (Å²) in [6.45, 7) is 6.01. The van der Waals surface area contributed by atoms with Crippen molar-refractivity contribution in [2.75, 3.05) is 33.7 Å². The molecular weight excluding hydrogens is 246 g/mol. The van der Waals surface area contributed by atoms with Crippen molar-refractivity contribution < 1.29 is 0 Å². The van der Waals surface area contributed by atoms with Gasteiger partial charge < -0.3 is 10.2 Å². The highest BCUT2D eigenvalue weighted by Crippen LogP contribution is 2.34. The number of likely N-dealkylation sites (tertiary alicyclic amines) is 2. The molecule has 3 rings (SSSR count). The molecule has 2 aliphatic rings. The van der Waals surface area contributed by atoms with Crippen molar-refractivity contribution in [3.05, 3.63) is 41.2 Å². The van der Waals surface area contributed by atoms with Gasteiger partial charge in [-0.3, -0.25) is 4.90 Å². The van der Waals surface area contributed by atoms with Gasteiger partial charge in [-0.15, -0.1) is 6.04 Å². The molecule has 0 amide bonds. The van der Waals surface area contributed by atoms with Gasteiger partial charge in [-0.2, -0.15) is 7.05 Å². The first kappa shape index (κ1) is 14.1. The van der Waals surface area contributed by atoms with Crippen LogP contribution < -0.4 is 0 Å². The van der Waals surface area contributed by atoms with Crippen LogP contribution >= 0.6 is 0 Å². The van der Waals surface area contributed by atoms with Gasteiger partial charge >= 0.3 is 0 Å². The Labute approximate surface area is 123 Å². The molecule has 2 unspecified atom stereocenters. The lowest BCUT2D eigenvalue weighted by atomic mass is 9.94. The van der Waals surface area contributed by atoms with Crippen LogP contribution in [0.2, 0.25) is 0 Å². The minimum Gasteiger partial charge on any atom is -0.658 e. The Bertz CT molecular complexity index is 431. The Balaban J connectivity index is 1.63. The Morgan fingerprint density at radius 1 is 1.20 bits per heavy atom. The molecule has 110 valence electrons. The molecule has 4 atom stereocenters. The first-order valence-corrected chi connectivity index (χ1v) is 7.77. The van der Waals surface area contributed by atoms with Crippen molar-refractivity contribution in [1.29, 1.82) is 0 Å². The summed E-state index contributed by atoms with van der Waals surface area (Å²) in [6.07, 6.45) is 1.36. The number of rotatable bonds is 5. The molecule has 0 N–H and O–H groups in total. The van der Waals surface area contributed by atoms with Crippen molar-refractivity contribution in [3.8, 4) is 0 Å². The maximum Gasteiger partial charge on any atom is 0.0239 e. The van der Waals surface area contributed by atoms with Crippen LogP contribution in [-0.4, -0.2) is 55.6 Å². The maximum absolute atomic E-state index is 4.64. The predicted molar refractivity (Wildman–Crippen MR) is 84.0 cm³/mol. The van der Waals surface area contributed by atoms with E-state index in [0.29, 0.717) is 12.0 Å². The molecule has 1 aromatic carbocycles. The van der Waals surface area contributed by atoms with E-state index in [2.05, 4.69) is 59.4 Å². The zero-order chi connectivity index (χ0) is 14.1. The fraction of sp³-hybridized carbons (Fsp3) is 0.647. The second-order valence-electron chi connectivity index (χ2n) is 6.53. The highest BCUT2D eigenvalue weighted by atomic mass is 15.3. The number of nitrogens with zero attached hydrogens (tertiary/aromatic N) is 3. The number of fused-ring (bicyclic) bond motifs is 2. The lowest BCUT2D eigenvalue weighted by Gasteiger charge is -2.40. The van der Waals surface area contributed by atoms with Gasteiger partial charge in [0, 0.05) is 31.7 Å². The molecule has 0 aliphatic carbocycles. The van der Waals surface area contributed by atoms with E-state index in [9.17, 15) is 0 Å². The third kappa shape index (κ3) is 2.62. The fourth-order valence-corrected chi connectivity index (χ4v) is 4.02. The van der Waals surface area contributed by atoms with Gasteiger partial charge in [-0.25, -0.2) is 0 Å². The Hall–Kier alpha value is -0.900. The fourth-order valence-electron chi connectivity index (χ4n) is 4.02. The molecule has 3 heteroatoms. The van der Waals surface area contributed by atoms with Crippen LogP contribution in [0.15, 0.2) is 30.3 Å². The third-order valence-electron chi connectivity index (χ3n) is 5.11. The number of piperazine rings is 1. The first-order valence-electron chi connectivity index (χ1n) is 7.77. The van der Waals surface area contributed by atoms with E-state index in [4.69, 9.17) is 0 Å². The van der Waals surface area contributed by atoms with E-state index in [0.717, 1.165) is 12.1 Å². The van der Waals surface area contributed by atoms with Crippen LogP contribution in [0.25, 0.3) is 5.32 Å². The van der Waals surface area contributed by atoms with Gasteiger partial charge in [-0.05, 0) is 19.4 Å². The van der Waals surface area contributed by atoms with Crippen LogP contribution in [0.4, 0.5) is 0 Å². The van der Waals surface area contributed by atoms with E-state index in [1.54, 1.807) is 0 Å². The minimum atomic E-state index is 0.327. The van der Waals surface area contributed by atoms with Gasteiger partial charge in [0.2, 0.25) is 0 Å². The zero-order valence-corrected chi connectivity index (χ0v) is 12.9. The Morgan fingerprint density at radius 2 is 1.95 bits per heavy atom. The van der Waals surface area contributed by atoms with E-state index in [-0.39, 0.29) is 0 Å². The number of hydrogen-bond donors (Lipinski definition) is 0. The van der Waals surface area contributed by atoms with Crippen LogP contribution in [-0.2, 0) is 0 Å². The molecule has 20 heavy (non-hydrogen) atoms. The van der Waals surface area contributed by atoms with Crippen LogP contribution in [0.3, 0.4) is 0 Å². The lowest BCUT2D eigenvalue weighted by molar-refractivity contribution is 0.131. The van der Waals surface area contributed by atoms with Gasteiger partial charge in [0.15, 0.2) is 0 Å². The molecule has 0 aromatic heterocycles. The third-order valence-corrected chi connectivity index (χ3v) is 5.11. The summed E-state index contributed by atoms with van der Waals surface area (Å²) in [5.41, 5.74) is 1.35. The summed E-state index contributed by atoms with van der Waals surface area (Å²) >= 11 is 0. The molecule has 2 saturated heterocycles. The van der Waals surface area contributed by atoms with E-state index >= 15 is 0 Å². The van der Waals surface area contributed by atoms with E-state index in [1.165, 1.54) is 31.6 Å². The monoisotopic (exact) mass is 272 g/mol. The van der Waals surface area contributed by atoms with Gasteiger partial charge in [-0.1, -0.05) is 42.8 Å². The maximum atomic E-state index is 4.64. The van der Waals surface area contributed by atoms with Gasteiger partial charge in [0.1, 0.15) is 0 Å². The van der Waals surface area contributed by atoms with Crippen LogP contribution in [0.1, 0.15) is 24.9 Å². The lowest BCUT2D eigenvalue weighted by Crippen LogP contribution is -2.46. The standard InChI is InChI=1S/C17H26N3/c1-13(17(18-2)14-7-5-4-6-8-14)10-20-12-15-9-16(20)11-19(15)3/h4-8,13,15-17H,9-12H2,1-3H3/q-1/t13-,15?,16?,17+/m0/s1. The van der Waals surface area contributed by atoms with Crippen molar-refractivity contribution in [3.63, 3.8) is 0 Å². The van der Waals surface area contributed by atoms with E-state index < -0.39 is 0 Å². The highest BCUT2D eigenvalue weighted by Gasteiger charge is 2.41. The van der Waals surface area contributed by atoms with E-state index in [1.807, 2.05) is 7.05 Å². The van der Waals surface area contributed by atoms with Gasteiger partial charge in [0.05, 0.1) is 0 Å². The van der Waals surface area contributed by atoms with Crippen molar-refractivity contribution in [2.24, 2.45) is 5.92 Å². The molecule has 3 nitrogen and oxygen atoms in total. The predicted octanol–water partition coefficient (Wildman–Crippen LogP) is 2.76. The van der Waals surface area contributed by atoms with Crippen LogP contribution in [0, 0.1) is 5.92 Å². The summed E-state index contributed by atoms with van der Waals surface area (Å²) in [5, 5.41) is 4.64. The second-order valence-corrected chi connectivity index (χ2v) is 6.53. The average Bonchev–Trinajstić information content (AvgIpc) is 2.99. The number of benzene rings is 1. The molecule has 1 aromatic rings. The quantitative estimate of drug-likeness (QED) is 0.821. The summed E-state index contributed by atoms with van der Waals surface area (Å²) in [4.78, 5) is 5.21. The van der Waals surface area contributed by atoms with Crippen molar-refractivity contribution >= 4 is 0 Å². The van der Waals surface area contributed by atoms with Crippen LogP contribution in [0.5, 0.6) is 0 Å². The molecule has 0 spiro atoms. The summed E-state index contributed by atoms with van der Waals surface area (Å²) in [6, 6.07) is 12.6. The second kappa shape index (κ2) is 5.84. The topological polar surface area (TPSA) is 20.6 Å². The zero-order valence-electron chi connectivity index (χ0n) is 12.9. The molecule has 0 saturated carbocycles. The summed E-state index contributed by atoms with van der Waals surface area (Å²) in [7, 11) is 4.22. The first-order chi connectivity index (χ1) is 9.69. The molecule has 2 heterocycles. The Morgan fingerprint density at radius 3 is 2.50 bits per heavy atom. The molecule has 2 aliphatic heterocycles. The Kier molecular flexibility index (Phi) is 4.11. The SMILES string of the molecule is C[N-][C@@H](c1ccccc1)[C@@H](C)CN1CC2CC1CN2C. The van der Waals surface area contributed by atoms with Crippen molar-refractivity contribution in [2.45, 2.75) is 31.5 Å². The average molecular weight is 272 g/mol. The number of hydrogen-bond acceptors (Lipinski definition) is 2. The normalized spacial score (nSPS) is 29.8. The summed E-state index contributed by atoms with van der Waals surface area (Å²) in [5.74, 6) is 0.576. The molecule has 0 radical (unpaired) electrons. The number of likely N-dealkylation sites (N-methyl/N-ethyl adjacent to an activating group) is 1. The largest absolute Gasteiger partial charge is 0.658 e. The highest BCUT2D eigenvalue weighted by molar-refractivity contribution is 5.23. The van der Waals surface area contributed by atoms with Gasteiger partial charge in [0.25, 0.3) is 0 Å². The molecule has 2 fully saturated rings. The summed E-state index contributed by atoms with van der Waals surface area (Å²) < 4.78 is 0. The smallest absolute Gasteiger partial charge is 0.0239 e. The molecular formula is C17H26N3-.